The van der Waals surface area contributed by atoms with Crippen molar-refractivity contribution in [1.29, 1.82) is 0 Å². The minimum absolute atomic E-state index is 0.127. The van der Waals surface area contributed by atoms with Crippen LogP contribution in [0, 0.1) is 11.6 Å². The Balaban J connectivity index is 1.49. The number of hydrogen-bond acceptors (Lipinski definition) is 9. The van der Waals surface area contributed by atoms with Crippen LogP contribution >= 0.6 is 11.3 Å². The zero-order valence-electron chi connectivity index (χ0n) is 22.5. The second kappa shape index (κ2) is 10.9. The van der Waals surface area contributed by atoms with Gasteiger partial charge < -0.3 is 19.5 Å². The van der Waals surface area contributed by atoms with Crippen LogP contribution in [-0.2, 0) is 20.7 Å². The van der Waals surface area contributed by atoms with Gasteiger partial charge in [0.2, 0.25) is 0 Å². The maximum absolute atomic E-state index is 14.2. The number of aromatic nitrogens is 2. The third-order valence-corrected chi connectivity index (χ3v) is 8.86. The molecule has 1 spiro atoms. The zero-order chi connectivity index (χ0) is 27.9. The Morgan fingerprint density at radius 3 is 2.59 bits per heavy atom. The molecule has 2 fully saturated rings. The Morgan fingerprint density at radius 2 is 1.95 bits per heavy atom. The van der Waals surface area contributed by atoms with Crippen LogP contribution in [0.5, 0.6) is 0 Å². The van der Waals surface area contributed by atoms with Gasteiger partial charge in [0.15, 0.2) is 11.5 Å². The molecule has 1 saturated carbocycles. The van der Waals surface area contributed by atoms with Crippen LogP contribution in [0.3, 0.4) is 0 Å². The van der Waals surface area contributed by atoms with Gasteiger partial charge in [0.05, 0.1) is 13.2 Å². The van der Waals surface area contributed by atoms with Crippen molar-refractivity contribution in [2.24, 2.45) is 0 Å². The van der Waals surface area contributed by atoms with E-state index in [1.165, 1.54) is 30.6 Å². The summed E-state index contributed by atoms with van der Waals surface area (Å²) in [6.07, 6.45) is 3.87. The molecule has 1 unspecified atom stereocenters. The SMILES string of the molecule is CCOC1CCC2(CC1)N(CC)C(=O)C1=C(OC)C(O)C(c3nnc(Cc4ccc(F)cc4F)s3)=CN1N2C. The number of carbonyl (C=O) groups is 1. The third-order valence-electron chi connectivity index (χ3n) is 7.89. The number of aliphatic hydroxyl groups is 1. The number of hydrazine groups is 1. The van der Waals surface area contributed by atoms with Crippen molar-refractivity contribution in [3.8, 4) is 0 Å². The fourth-order valence-electron chi connectivity index (χ4n) is 5.92. The molecule has 5 rings (SSSR count). The minimum Gasteiger partial charge on any atom is -0.495 e. The zero-order valence-corrected chi connectivity index (χ0v) is 23.3. The molecule has 210 valence electrons. The summed E-state index contributed by atoms with van der Waals surface area (Å²) in [7, 11) is 3.37. The van der Waals surface area contributed by atoms with Crippen molar-refractivity contribution in [3.05, 3.63) is 63.1 Å². The summed E-state index contributed by atoms with van der Waals surface area (Å²) < 4.78 is 39.0. The first-order chi connectivity index (χ1) is 18.7. The van der Waals surface area contributed by atoms with Crippen LogP contribution in [-0.4, -0.2) is 81.3 Å². The summed E-state index contributed by atoms with van der Waals surface area (Å²) in [6.45, 7) is 5.10. The van der Waals surface area contributed by atoms with Gasteiger partial charge in [-0.2, -0.15) is 5.01 Å². The van der Waals surface area contributed by atoms with Crippen LogP contribution in [0.25, 0.3) is 5.57 Å². The first-order valence-electron chi connectivity index (χ1n) is 13.1. The summed E-state index contributed by atoms with van der Waals surface area (Å²) in [5.41, 5.74) is 0.413. The fourth-order valence-corrected chi connectivity index (χ4v) is 6.82. The summed E-state index contributed by atoms with van der Waals surface area (Å²) in [5, 5.41) is 24.5. The minimum atomic E-state index is -1.25. The Kier molecular flexibility index (Phi) is 7.73. The Labute approximate surface area is 230 Å². The average molecular weight is 562 g/mol. The van der Waals surface area contributed by atoms with Crippen molar-refractivity contribution in [2.75, 3.05) is 27.3 Å². The standard InChI is InChI=1S/C27H33F2N5O4S/c1-5-33-26(36)22-24(37-4)23(35)19(15-34(22)32(3)27(33)11-9-18(10-12-27)38-6-2)25-31-30-21(39-25)13-16-7-8-17(28)14-20(16)29/h7-8,14-15,18,23,35H,5-6,9-13H2,1-4H3. The van der Waals surface area contributed by atoms with Gasteiger partial charge in [-0.1, -0.05) is 17.4 Å². The number of carbonyl (C=O) groups excluding carboxylic acids is 1. The molecule has 39 heavy (non-hydrogen) atoms. The fraction of sp³-hybridized carbons (Fsp3) is 0.519. The second-order valence-electron chi connectivity index (χ2n) is 9.87. The maximum Gasteiger partial charge on any atom is 0.277 e. The highest BCUT2D eigenvalue weighted by atomic mass is 32.1. The molecule has 1 aromatic heterocycles. The van der Waals surface area contributed by atoms with Gasteiger partial charge in [0.1, 0.15) is 33.4 Å². The topological polar surface area (TPSA) is 91.3 Å². The molecule has 12 heteroatoms. The predicted molar refractivity (Wildman–Crippen MR) is 141 cm³/mol. The number of ether oxygens (including phenoxy) is 2. The number of rotatable bonds is 7. The smallest absolute Gasteiger partial charge is 0.277 e. The van der Waals surface area contributed by atoms with Crippen molar-refractivity contribution >= 4 is 22.8 Å². The van der Waals surface area contributed by atoms with Gasteiger partial charge >= 0.3 is 0 Å². The van der Waals surface area contributed by atoms with E-state index in [1.807, 2.05) is 25.8 Å². The van der Waals surface area contributed by atoms with Crippen molar-refractivity contribution in [1.82, 2.24) is 25.1 Å². The maximum atomic E-state index is 14.2. The van der Waals surface area contributed by atoms with Crippen LogP contribution < -0.4 is 0 Å². The molecule has 9 nitrogen and oxygen atoms in total. The van der Waals surface area contributed by atoms with E-state index in [0.29, 0.717) is 34.3 Å². The van der Waals surface area contributed by atoms with Crippen LogP contribution in [0.4, 0.5) is 8.78 Å². The Hall–Kier alpha value is -2.93. The number of benzene rings is 1. The first kappa shape index (κ1) is 27.6. The van der Waals surface area contributed by atoms with E-state index >= 15 is 0 Å². The van der Waals surface area contributed by atoms with E-state index in [2.05, 4.69) is 15.2 Å². The lowest BCUT2D eigenvalue weighted by atomic mass is 9.83. The lowest BCUT2D eigenvalue weighted by molar-refractivity contribution is -0.198. The van der Waals surface area contributed by atoms with E-state index < -0.39 is 23.4 Å². The number of fused-ring (bicyclic) bond motifs is 1. The number of nitrogens with zero attached hydrogens (tertiary/aromatic N) is 5. The van der Waals surface area contributed by atoms with Crippen molar-refractivity contribution < 1.29 is 28.2 Å². The molecule has 1 N–H and O–H groups in total. The molecule has 1 saturated heterocycles. The molecule has 3 aliphatic rings. The molecule has 1 aromatic carbocycles. The summed E-state index contributed by atoms with van der Waals surface area (Å²) in [5.74, 6) is -1.38. The largest absolute Gasteiger partial charge is 0.495 e. The Morgan fingerprint density at radius 1 is 1.21 bits per heavy atom. The quantitative estimate of drug-likeness (QED) is 0.548. The van der Waals surface area contributed by atoms with E-state index in [4.69, 9.17) is 9.47 Å². The molecular weight excluding hydrogens is 528 g/mol. The molecule has 0 radical (unpaired) electrons. The molecule has 1 amide bonds. The van der Waals surface area contributed by atoms with Crippen LogP contribution in [0.1, 0.15) is 55.1 Å². The van der Waals surface area contributed by atoms with E-state index in [0.717, 1.165) is 31.7 Å². The van der Waals surface area contributed by atoms with Crippen LogP contribution in [0.2, 0.25) is 0 Å². The molecule has 2 aromatic rings. The van der Waals surface area contributed by atoms with Gasteiger partial charge in [-0.25, -0.2) is 8.78 Å². The average Bonchev–Trinajstić information content (AvgIpc) is 3.38. The molecule has 2 aliphatic heterocycles. The highest BCUT2D eigenvalue weighted by molar-refractivity contribution is 7.12. The van der Waals surface area contributed by atoms with Gasteiger partial charge in [-0.15, -0.1) is 10.2 Å². The monoisotopic (exact) mass is 561 g/mol. The molecular formula is C27H33F2N5O4S. The van der Waals surface area contributed by atoms with Crippen molar-refractivity contribution in [2.45, 2.75) is 63.8 Å². The molecule has 1 atom stereocenters. The molecule has 3 heterocycles. The predicted octanol–water partition coefficient (Wildman–Crippen LogP) is 3.67. The normalized spacial score (nSPS) is 25.8. The lowest BCUT2D eigenvalue weighted by Gasteiger charge is -2.59. The third kappa shape index (κ3) is 4.73. The first-order valence-corrected chi connectivity index (χ1v) is 14.0. The van der Waals surface area contributed by atoms with Gasteiger partial charge in [0.25, 0.3) is 5.91 Å². The van der Waals surface area contributed by atoms with Gasteiger partial charge in [0, 0.05) is 44.5 Å². The number of hydrogen-bond donors (Lipinski definition) is 1. The van der Waals surface area contributed by atoms with Gasteiger partial charge in [-0.3, -0.25) is 9.80 Å². The number of halogens is 2. The number of methoxy groups -OCH3 is 1. The van der Waals surface area contributed by atoms with E-state index in [9.17, 15) is 18.7 Å². The number of likely N-dealkylation sites (N-methyl/N-ethyl adjacent to an activating group) is 1. The highest BCUT2D eigenvalue weighted by Crippen LogP contribution is 2.46. The summed E-state index contributed by atoms with van der Waals surface area (Å²) in [6, 6.07) is 3.42. The van der Waals surface area contributed by atoms with E-state index in [-0.39, 0.29) is 29.9 Å². The lowest BCUT2D eigenvalue weighted by Crippen LogP contribution is -2.71. The number of amides is 1. The molecule has 0 bridgehead atoms. The second-order valence-corrected chi connectivity index (χ2v) is 10.9. The summed E-state index contributed by atoms with van der Waals surface area (Å²) >= 11 is 1.20. The van der Waals surface area contributed by atoms with Crippen molar-refractivity contribution in [3.63, 3.8) is 0 Å². The molecule has 1 aliphatic carbocycles. The highest BCUT2D eigenvalue weighted by Gasteiger charge is 2.55. The summed E-state index contributed by atoms with van der Waals surface area (Å²) in [4.78, 5) is 15.8. The van der Waals surface area contributed by atoms with Gasteiger partial charge in [-0.05, 0) is 51.2 Å². The number of aliphatic hydroxyl groups excluding tert-OH is 1. The van der Waals surface area contributed by atoms with Crippen LogP contribution in [0.15, 0.2) is 35.9 Å². The Bertz CT molecular complexity index is 1310. The van der Waals surface area contributed by atoms with E-state index in [1.54, 1.807) is 11.2 Å².